The summed E-state index contributed by atoms with van der Waals surface area (Å²) in [5, 5.41) is 0.573. The maximum atomic E-state index is 12.7. The van der Waals surface area contributed by atoms with Crippen molar-refractivity contribution in [3.8, 4) is 0 Å². The third-order valence-electron chi connectivity index (χ3n) is 3.57. The van der Waals surface area contributed by atoms with E-state index >= 15 is 0 Å². The standard InChI is InChI=1S/C18H13Br2ClN2OS/c19-13-3-6-15(16(20)9-13)17(10-23-8-7-22-11-23)25-18(24)12-1-4-14(21)5-2-12/h1-9,11,17H,10H2. The molecule has 3 aromatic rings. The molecule has 128 valence electrons. The van der Waals surface area contributed by atoms with Gasteiger partial charge in [-0.25, -0.2) is 4.98 Å². The Hall–Kier alpha value is -1.08. The molecule has 1 atom stereocenters. The highest BCUT2D eigenvalue weighted by molar-refractivity contribution is 9.11. The first-order valence-corrected chi connectivity index (χ1v) is 10.2. The van der Waals surface area contributed by atoms with Crippen LogP contribution in [0.15, 0.2) is 70.1 Å². The van der Waals surface area contributed by atoms with Crippen LogP contribution in [0, 0.1) is 0 Å². The molecule has 0 spiro atoms. The summed E-state index contributed by atoms with van der Waals surface area (Å²) < 4.78 is 3.92. The number of hydrogen-bond acceptors (Lipinski definition) is 3. The third-order valence-corrected chi connectivity index (χ3v) is 6.14. The lowest BCUT2D eigenvalue weighted by atomic mass is 10.1. The molecule has 2 aromatic carbocycles. The van der Waals surface area contributed by atoms with Crippen LogP contribution in [-0.2, 0) is 6.54 Å². The zero-order valence-corrected chi connectivity index (χ0v) is 17.6. The molecule has 0 bridgehead atoms. The van der Waals surface area contributed by atoms with Gasteiger partial charge in [-0.15, -0.1) is 0 Å². The maximum absolute atomic E-state index is 12.7. The van der Waals surface area contributed by atoms with Crippen molar-refractivity contribution in [2.45, 2.75) is 11.8 Å². The van der Waals surface area contributed by atoms with Crippen molar-refractivity contribution in [2.24, 2.45) is 0 Å². The molecular formula is C18H13Br2ClN2OS. The van der Waals surface area contributed by atoms with Crippen molar-refractivity contribution in [2.75, 3.05) is 0 Å². The fraction of sp³-hybridized carbons (Fsp3) is 0.111. The molecule has 0 radical (unpaired) electrons. The number of carbonyl (C=O) groups is 1. The normalized spacial score (nSPS) is 12.1. The molecule has 0 aliphatic heterocycles. The van der Waals surface area contributed by atoms with E-state index in [-0.39, 0.29) is 10.4 Å². The van der Waals surface area contributed by atoms with E-state index in [1.807, 2.05) is 29.0 Å². The van der Waals surface area contributed by atoms with Gasteiger partial charge in [0.15, 0.2) is 0 Å². The summed E-state index contributed by atoms with van der Waals surface area (Å²) in [5.41, 5.74) is 1.70. The smallest absolute Gasteiger partial charge is 0.220 e. The molecule has 0 aliphatic rings. The Labute approximate surface area is 172 Å². The van der Waals surface area contributed by atoms with Gasteiger partial charge in [-0.05, 0) is 42.0 Å². The molecule has 3 nitrogen and oxygen atoms in total. The number of benzene rings is 2. The Morgan fingerprint density at radius 1 is 1.20 bits per heavy atom. The first-order valence-electron chi connectivity index (χ1n) is 7.40. The Morgan fingerprint density at radius 3 is 2.60 bits per heavy atom. The van der Waals surface area contributed by atoms with Gasteiger partial charge in [0.2, 0.25) is 5.12 Å². The van der Waals surface area contributed by atoms with Crippen molar-refractivity contribution < 1.29 is 4.79 Å². The highest BCUT2D eigenvalue weighted by Gasteiger charge is 2.21. The summed E-state index contributed by atoms with van der Waals surface area (Å²) in [6.07, 6.45) is 5.39. The Morgan fingerprint density at radius 2 is 1.96 bits per heavy atom. The van der Waals surface area contributed by atoms with Gasteiger partial charge in [-0.2, -0.15) is 0 Å². The Bertz CT molecular complexity index is 869. The number of aromatic nitrogens is 2. The van der Waals surface area contributed by atoms with Crippen LogP contribution < -0.4 is 0 Å². The van der Waals surface area contributed by atoms with E-state index in [1.165, 1.54) is 11.8 Å². The largest absolute Gasteiger partial charge is 0.336 e. The lowest BCUT2D eigenvalue weighted by Gasteiger charge is -2.18. The lowest BCUT2D eigenvalue weighted by molar-refractivity contribution is 0.108. The second-order valence-corrected chi connectivity index (χ2v) is 8.71. The van der Waals surface area contributed by atoms with E-state index in [0.29, 0.717) is 17.1 Å². The summed E-state index contributed by atoms with van der Waals surface area (Å²) in [5.74, 6) is 0. The van der Waals surface area contributed by atoms with Gasteiger partial charge in [-0.3, -0.25) is 4.79 Å². The van der Waals surface area contributed by atoms with Gasteiger partial charge in [0, 0.05) is 38.5 Å². The minimum absolute atomic E-state index is 0.0107. The average Bonchev–Trinajstić information content (AvgIpc) is 3.08. The van der Waals surface area contributed by atoms with Crippen molar-refractivity contribution in [1.82, 2.24) is 9.55 Å². The van der Waals surface area contributed by atoms with E-state index in [1.54, 1.807) is 36.8 Å². The average molecular weight is 501 g/mol. The number of rotatable bonds is 5. The topological polar surface area (TPSA) is 34.9 Å². The fourth-order valence-corrected chi connectivity index (χ4v) is 5.04. The first-order chi connectivity index (χ1) is 12.0. The quantitative estimate of drug-likeness (QED) is 0.408. The first kappa shape index (κ1) is 18.7. The molecule has 0 amide bonds. The molecule has 1 aromatic heterocycles. The van der Waals surface area contributed by atoms with E-state index in [4.69, 9.17) is 11.6 Å². The van der Waals surface area contributed by atoms with Crippen molar-refractivity contribution in [1.29, 1.82) is 0 Å². The van der Waals surface area contributed by atoms with E-state index in [0.717, 1.165) is 14.5 Å². The third kappa shape index (κ3) is 4.97. The van der Waals surface area contributed by atoms with Gasteiger partial charge in [-0.1, -0.05) is 61.3 Å². The molecule has 0 saturated heterocycles. The van der Waals surface area contributed by atoms with Gasteiger partial charge in [0.25, 0.3) is 0 Å². The fourth-order valence-electron chi connectivity index (χ4n) is 2.33. The number of imidazole rings is 1. The molecule has 3 rings (SSSR count). The van der Waals surface area contributed by atoms with Crippen molar-refractivity contribution >= 4 is 60.3 Å². The molecule has 7 heteroatoms. The number of halogens is 3. The van der Waals surface area contributed by atoms with Crippen LogP contribution in [0.5, 0.6) is 0 Å². The minimum Gasteiger partial charge on any atom is -0.336 e. The van der Waals surface area contributed by atoms with Crippen LogP contribution in [0.3, 0.4) is 0 Å². The van der Waals surface area contributed by atoms with Crippen molar-refractivity contribution in [3.63, 3.8) is 0 Å². The summed E-state index contributed by atoms with van der Waals surface area (Å²) in [4.78, 5) is 16.8. The SMILES string of the molecule is O=C(SC(Cn1ccnc1)c1ccc(Br)cc1Br)c1ccc(Cl)cc1. The summed E-state index contributed by atoms with van der Waals surface area (Å²) in [6.45, 7) is 0.643. The number of hydrogen-bond donors (Lipinski definition) is 0. The van der Waals surface area contributed by atoms with Crippen LogP contribution in [0.4, 0.5) is 0 Å². The molecule has 0 fully saturated rings. The van der Waals surface area contributed by atoms with Gasteiger partial charge < -0.3 is 4.57 Å². The highest BCUT2D eigenvalue weighted by atomic mass is 79.9. The monoisotopic (exact) mass is 498 g/mol. The zero-order valence-electron chi connectivity index (χ0n) is 12.9. The van der Waals surface area contributed by atoms with Crippen LogP contribution in [0.2, 0.25) is 5.02 Å². The van der Waals surface area contributed by atoms with Crippen LogP contribution >= 0.6 is 55.2 Å². The summed E-state index contributed by atoms with van der Waals surface area (Å²) >= 11 is 14.3. The second-order valence-electron chi connectivity index (χ2n) is 5.33. The van der Waals surface area contributed by atoms with Crippen LogP contribution in [0.25, 0.3) is 0 Å². The molecule has 0 aliphatic carbocycles. The molecule has 0 N–H and O–H groups in total. The van der Waals surface area contributed by atoms with E-state index < -0.39 is 0 Å². The Balaban J connectivity index is 1.87. The highest BCUT2D eigenvalue weighted by Crippen LogP contribution is 2.38. The summed E-state index contributed by atoms with van der Waals surface area (Å²) in [6, 6.07) is 13.0. The van der Waals surface area contributed by atoms with Gasteiger partial charge >= 0.3 is 0 Å². The predicted molar refractivity (Wildman–Crippen MR) is 110 cm³/mol. The molecule has 1 heterocycles. The molecule has 0 saturated carbocycles. The number of thioether (sulfide) groups is 1. The number of nitrogens with zero attached hydrogens (tertiary/aromatic N) is 2. The lowest BCUT2D eigenvalue weighted by Crippen LogP contribution is -2.09. The van der Waals surface area contributed by atoms with E-state index in [9.17, 15) is 4.79 Å². The Kier molecular flexibility index (Phi) is 6.39. The number of carbonyl (C=O) groups excluding carboxylic acids is 1. The zero-order chi connectivity index (χ0) is 17.8. The van der Waals surface area contributed by atoms with Crippen LogP contribution in [-0.4, -0.2) is 14.7 Å². The van der Waals surface area contributed by atoms with Gasteiger partial charge in [0.1, 0.15) is 0 Å². The second kappa shape index (κ2) is 8.54. The maximum Gasteiger partial charge on any atom is 0.220 e. The van der Waals surface area contributed by atoms with Gasteiger partial charge in [0.05, 0.1) is 11.6 Å². The molecule has 25 heavy (non-hydrogen) atoms. The predicted octanol–water partition coefficient (Wildman–Crippen LogP) is 6.38. The molecular weight excluding hydrogens is 488 g/mol. The minimum atomic E-state index is -0.0557. The van der Waals surface area contributed by atoms with Crippen LogP contribution in [0.1, 0.15) is 21.2 Å². The molecule has 1 unspecified atom stereocenters. The van der Waals surface area contributed by atoms with E-state index in [2.05, 4.69) is 36.8 Å². The summed E-state index contributed by atoms with van der Waals surface area (Å²) in [7, 11) is 0. The van der Waals surface area contributed by atoms with Crippen molar-refractivity contribution in [3.05, 3.63) is 86.3 Å².